The molecule has 0 bridgehead atoms. The van der Waals surface area contributed by atoms with E-state index in [0.29, 0.717) is 5.13 Å². The molecule has 0 atom stereocenters. The molecule has 0 spiro atoms. The Morgan fingerprint density at radius 3 is 2.68 bits per heavy atom. The van der Waals surface area contributed by atoms with E-state index in [1.165, 1.54) is 11.6 Å². The fourth-order valence-corrected chi connectivity index (χ4v) is 2.50. The number of anilines is 2. The van der Waals surface area contributed by atoms with Gasteiger partial charge in [0.05, 0.1) is 6.20 Å². The van der Waals surface area contributed by atoms with Gasteiger partial charge in [-0.1, -0.05) is 41.7 Å². The van der Waals surface area contributed by atoms with E-state index in [-0.39, 0.29) is 4.88 Å². The minimum absolute atomic E-state index is 0.225. The summed E-state index contributed by atoms with van der Waals surface area (Å²) in [5.74, 6) is -0.955. The number of hydrogen-bond acceptors (Lipinski definition) is 4. The molecule has 3 rings (SSSR count). The summed E-state index contributed by atoms with van der Waals surface area (Å²) in [5, 5.41) is 14.8. The highest BCUT2D eigenvalue weighted by atomic mass is 32.1. The van der Waals surface area contributed by atoms with Crippen LogP contribution in [-0.2, 0) is 0 Å². The van der Waals surface area contributed by atoms with Crippen LogP contribution in [0.2, 0.25) is 0 Å². The Labute approximate surface area is 113 Å². The normalized spacial score (nSPS) is 10.5. The van der Waals surface area contributed by atoms with Gasteiger partial charge in [-0.05, 0) is 22.9 Å². The number of carboxylic acids is 1. The van der Waals surface area contributed by atoms with Gasteiger partial charge in [-0.3, -0.25) is 0 Å². The van der Waals surface area contributed by atoms with Gasteiger partial charge in [-0.25, -0.2) is 9.78 Å². The van der Waals surface area contributed by atoms with Crippen LogP contribution in [0.4, 0.5) is 10.8 Å². The zero-order chi connectivity index (χ0) is 13.2. The first-order chi connectivity index (χ1) is 9.22. The van der Waals surface area contributed by atoms with Crippen LogP contribution < -0.4 is 5.32 Å². The monoisotopic (exact) mass is 270 g/mol. The number of carbonyl (C=O) groups is 1. The highest BCUT2D eigenvalue weighted by Gasteiger charge is 2.08. The first-order valence-electron chi connectivity index (χ1n) is 5.67. The molecule has 0 radical (unpaired) electrons. The van der Waals surface area contributed by atoms with Crippen LogP contribution in [0.15, 0.2) is 48.7 Å². The molecule has 0 saturated carbocycles. The van der Waals surface area contributed by atoms with Crippen LogP contribution in [0.3, 0.4) is 0 Å². The van der Waals surface area contributed by atoms with Gasteiger partial charge in [-0.15, -0.1) is 0 Å². The van der Waals surface area contributed by atoms with Crippen LogP contribution in [0.5, 0.6) is 0 Å². The number of benzene rings is 2. The van der Waals surface area contributed by atoms with Gasteiger partial charge in [0.2, 0.25) is 0 Å². The van der Waals surface area contributed by atoms with Crippen LogP contribution in [0.1, 0.15) is 9.67 Å². The zero-order valence-electron chi connectivity index (χ0n) is 9.83. The topological polar surface area (TPSA) is 62.2 Å². The van der Waals surface area contributed by atoms with Crippen molar-refractivity contribution in [3.63, 3.8) is 0 Å². The molecule has 0 saturated heterocycles. The second kappa shape index (κ2) is 4.70. The number of hydrogen-bond donors (Lipinski definition) is 2. The molecule has 3 aromatic rings. The number of thiazole rings is 1. The number of aromatic nitrogens is 1. The highest BCUT2D eigenvalue weighted by molar-refractivity contribution is 7.17. The van der Waals surface area contributed by atoms with Crippen molar-refractivity contribution in [3.05, 3.63) is 53.5 Å². The van der Waals surface area contributed by atoms with Crippen molar-refractivity contribution in [1.82, 2.24) is 4.98 Å². The van der Waals surface area contributed by atoms with Crippen LogP contribution in [-0.4, -0.2) is 16.1 Å². The lowest BCUT2D eigenvalue weighted by atomic mass is 10.1. The summed E-state index contributed by atoms with van der Waals surface area (Å²) in [6, 6.07) is 14.0. The third-order valence-electron chi connectivity index (χ3n) is 2.72. The molecular weight excluding hydrogens is 260 g/mol. The Kier molecular flexibility index (Phi) is 2.89. The Morgan fingerprint density at radius 2 is 1.95 bits per heavy atom. The van der Waals surface area contributed by atoms with Crippen molar-refractivity contribution in [3.8, 4) is 0 Å². The van der Waals surface area contributed by atoms with Gasteiger partial charge in [0.1, 0.15) is 4.88 Å². The average Bonchev–Trinajstić information content (AvgIpc) is 2.87. The number of nitrogens with one attached hydrogen (secondary N) is 1. The molecule has 1 heterocycles. The van der Waals surface area contributed by atoms with Crippen LogP contribution in [0, 0.1) is 0 Å². The van der Waals surface area contributed by atoms with E-state index in [2.05, 4.69) is 10.3 Å². The summed E-state index contributed by atoms with van der Waals surface area (Å²) < 4.78 is 0. The molecule has 94 valence electrons. The predicted molar refractivity (Wildman–Crippen MR) is 76.3 cm³/mol. The van der Waals surface area contributed by atoms with Crippen molar-refractivity contribution in [2.75, 3.05) is 5.32 Å². The molecule has 2 N–H and O–H groups in total. The van der Waals surface area contributed by atoms with Crippen molar-refractivity contribution in [2.24, 2.45) is 0 Å². The predicted octanol–water partition coefficient (Wildman–Crippen LogP) is 3.74. The maximum absolute atomic E-state index is 10.8. The van der Waals surface area contributed by atoms with Gasteiger partial charge in [0, 0.05) is 5.69 Å². The summed E-state index contributed by atoms with van der Waals surface area (Å²) in [6.07, 6.45) is 1.36. The number of carboxylic acid groups (broad SMARTS) is 1. The largest absolute Gasteiger partial charge is 0.477 e. The number of rotatable bonds is 3. The standard InChI is InChI=1S/C14H10N2O2S/c17-13(18)12-8-15-14(19-12)16-11-6-5-9-3-1-2-4-10(9)7-11/h1-8H,(H,15,16)(H,17,18). The molecule has 0 fully saturated rings. The fourth-order valence-electron chi connectivity index (χ4n) is 1.82. The summed E-state index contributed by atoms with van der Waals surface area (Å²) >= 11 is 1.12. The summed E-state index contributed by atoms with van der Waals surface area (Å²) in [7, 11) is 0. The van der Waals surface area contributed by atoms with Gasteiger partial charge in [0.15, 0.2) is 5.13 Å². The summed E-state index contributed by atoms with van der Waals surface area (Å²) in [5.41, 5.74) is 0.894. The second-order valence-corrected chi connectivity index (χ2v) is 5.05. The first-order valence-corrected chi connectivity index (χ1v) is 6.49. The molecule has 0 aliphatic heterocycles. The van der Waals surface area contributed by atoms with E-state index in [4.69, 9.17) is 5.11 Å². The third-order valence-corrected chi connectivity index (χ3v) is 3.62. The molecule has 19 heavy (non-hydrogen) atoms. The number of fused-ring (bicyclic) bond motifs is 1. The lowest BCUT2D eigenvalue weighted by Crippen LogP contribution is -1.90. The van der Waals surface area contributed by atoms with Gasteiger partial charge < -0.3 is 10.4 Å². The average molecular weight is 270 g/mol. The van der Waals surface area contributed by atoms with Crippen molar-refractivity contribution >= 4 is 38.9 Å². The molecule has 5 heteroatoms. The molecular formula is C14H10N2O2S. The van der Waals surface area contributed by atoms with E-state index in [1.807, 2.05) is 42.5 Å². The Hall–Kier alpha value is -2.40. The number of nitrogens with zero attached hydrogens (tertiary/aromatic N) is 1. The van der Waals surface area contributed by atoms with Gasteiger partial charge in [0.25, 0.3) is 0 Å². The summed E-state index contributed by atoms with van der Waals surface area (Å²) in [4.78, 5) is 15.0. The van der Waals surface area contributed by atoms with Crippen molar-refractivity contribution in [2.45, 2.75) is 0 Å². The quantitative estimate of drug-likeness (QED) is 0.761. The van der Waals surface area contributed by atoms with Crippen molar-refractivity contribution < 1.29 is 9.90 Å². The van der Waals surface area contributed by atoms with E-state index in [0.717, 1.165) is 22.4 Å². The Balaban J connectivity index is 1.89. The van der Waals surface area contributed by atoms with E-state index < -0.39 is 5.97 Å². The third kappa shape index (κ3) is 2.41. The van der Waals surface area contributed by atoms with E-state index >= 15 is 0 Å². The lowest BCUT2D eigenvalue weighted by molar-refractivity contribution is 0.0702. The summed E-state index contributed by atoms with van der Waals surface area (Å²) in [6.45, 7) is 0. The zero-order valence-corrected chi connectivity index (χ0v) is 10.6. The van der Waals surface area contributed by atoms with Gasteiger partial charge in [-0.2, -0.15) is 0 Å². The van der Waals surface area contributed by atoms with E-state index in [9.17, 15) is 4.79 Å². The Morgan fingerprint density at radius 1 is 1.16 bits per heavy atom. The van der Waals surface area contributed by atoms with Crippen molar-refractivity contribution in [1.29, 1.82) is 0 Å². The SMILES string of the molecule is O=C(O)c1cnc(Nc2ccc3ccccc3c2)s1. The highest BCUT2D eigenvalue weighted by Crippen LogP contribution is 2.25. The molecule has 0 unspecified atom stereocenters. The van der Waals surface area contributed by atoms with E-state index in [1.54, 1.807) is 0 Å². The second-order valence-electron chi connectivity index (χ2n) is 4.02. The molecule has 0 aliphatic rings. The lowest BCUT2D eigenvalue weighted by Gasteiger charge is -2.04. The molecule has 0 amide bonds. The van der Waals surface area contributed by atoms with Crippen LogP contribution >= 0.6 is 11.3 Å². The minimum Gasteiger partial charge on any atom is -0.477 e. The molecule has 4 nitrogen and oxygen atoms in total. The van der Waals surface area contributed by atoms with Gasteiger partial charge >= 0.3 is 5.97 Å². The fraction of sp³-hybridized carbons (Fsp3) is 0. The maximum Gasteiger partial charge on any atom is 0.347 e. The molecule has 1 aromatic heterocycles. The maximum atomic E-state index is 10.8. The smallest absolute Gasteiger partial charge is 0.347 e. The van der Waals surface area contributed by atoms with Crippen LogP contribution in [0.25, 0.3) is 10.8 Å². The minimum atomic E-state index is -0.955. The Bertz CT molecular complexity index is 752. The molecule has 0 aliphatic carbocycles. The number of aromatic carboxylic acids is 1. The first kappa shape index (κ1) is 11.7. The molecule has 2 aromatic carbocycles.